The molecule has 5 aromatic rings. The summed E-state index contributed by atoms with van der Waals surface area (Å²) < 4.78 is 89.0. The normalized spacial score (nSPS) is 16.0. The Morgan fingerprint density at radius 3 is 2.27 bits per heavy atom. The van der Waals surface area contributed by atoms with E-state index >= 15 is 4.39 Å². The van der Waals surface area contributed by atoms with Gasteiger partial charge in [-0.2, -0.15) is 10.2 Å². The summed E-state index contributed by atoms with van der Waals surface area (Å²) >= 11 is 0. The molecule has 17 heteroatoms. The highest BCUT2D eigenvalue weighted by Crippen LogP contribution is 2.34. The van der Waals surface area contributed by atoms with Gasteiger partial charge in [0.2, 0.25) is 0 Å². The van der Waals surface area contributed by atoms with Crippen molar-refractivity contribution in [3.63, 3.8) is 0 Å². The molecule has 2 atom stereocenters. The predicted molar refractivity (Wildman–Crippen MR) is 164 cm³/mol. The van der Waals surface area contributed by atoms with Crippen LogP contribution < -0.4 is 15.3 Å². The second kappa shape index (κ2) is 13.4. The van der Waals surface area contributed by atoms with E-state index in [2.05, 4.69) is 19.9 Å². The zero-order valence-corrected chi connectivity index (χ0v) is 25.9. The number of alkyl halides is 3. The number of hydrogen-bond acceptors (Lipinski definition) is 8. The van der Waals surface area contributed by atoms with Gasteiger partial charge in [0.1, 0.15) is 47.8 Å². The molecule has 2 aromatic heterocycles. The SMILES string of the molecule is CC(N1CCN(c2ccc(-n3cnn(Cc4ccc(OC(F)(F)F)cc4)c3=O)cc2F)CC1)C(O)(Cn1cncn1)c1ccc(F)cc1F. The van der Waals surface area contributed by atoms with Crippen molar-refractivity contribution in [1.29, 1.82) is 0 Å². The van der Waals surface area contributed by atoms with Crippen molar-refractivity contribution >= 4 is 5.69 Å². The lowest BCUT2D eigenvalue weighted by atomic mass is 9.85. The number of halogens is 6. The number of piperazine rings is 1. The molecule has 6 rings (SSSR count). The first-order chi connectivity index (χ1) is 23.3. The summed E-state index contributed by atoms with van der Waals surface area (Å²) in [6.45, 7) is 3.02. The molecule has 1 saturated heterocycles. The molecule has 49 heavy (non-hydrogen) atoms. The third-order valence-electron chi connectivity index (χ3n) is 8.59. The zero-order valence-electron chi connectivity index (χ0n) is 25.9. The standard InChI is InChI=1S/C32H30F6N8O3/c1-21(31(48,17-44-19-39-18-40-44)26-8-4-23(33)14-27(26)34)42-10-12-43(13-11-42)29-9-5-24(15-28(29)35)45-20-41-46(30(45)47)16-22-2-6-25(7-3-22)49-32(36,37)38/h2-9,14-15,18-21,48H,10-13,16-17H2,1H3. The number of nitrogens with zero attached hydrogens (tertiary/aromatic N) is 8. The summed E-state index contributed by atoms with van der Waals surface area (Å²) in [5.41, 5.74) is -1.48. The molecule has 11 nitrogen and oxygen atoms in total. The van der Waals surface area contributed by atoms with E-state index in [-0.39, 0.29) is 24.3 Å². The fraction of sp³-hybridized carbons (Fsp3) is 0.312. The Kier molecular flexibility index (Phi) is 9.22. The van der Waals surface area contributed by atoms with Crippen molar-refractivity contribution in [3.05, 3.63) is 119 Å². The number of aromatic nitrogens is 6. The minimum atomic E-state index is -4.82. The lowest BCUT2D eigenvalue weighted by Gasteiger charge is -2.45. The monoisotopic (exact) mass is 688 g/mol. The number of ether oxygens (including phenoxy) is 1. The van der Waals surface area contributed by atoms with Crippen LogP contribution in [0.2, 0.25) is 0 Å². The van der Waals surface area contributed by atoms with Crippen LogP contribution in [0.4, 0.5) is 32.0 Å². The van der Waals surface area contributed by atoms with Gasteiger partial charge < -0.3 is 14.7 Å². The highest BCUT2D eigenvalue weighted by atomic mass is 19.4. The number of hydrogen-bond donors (Lipinski definition) is 1. The maximum atomic E-state index is 15.5. The van der Waals surface area contributed by atoms with Gasteiger partial charge >= 0.3 is 12.1 Å². The van der Waals surface area contributed by atoms with Crippen molar-refractivity contribution in [3.8, 4) is 11.4 Å². The summed E-state index contributed by atoms with van der Waals surface area (Å²) in [4.78, 5) is 20.7. The fourth-order valence-electron chi connectivity index (χ4n) is 5.99. The van der Waals surface area contributed by atoms with Crippen molar-refractivity contribution in [2.24, 2.45) is 0 Å². The van der Waals surface area contributed by atoms with E-state index in [1.807, 2.05) is 9.80 Å². The molecule has 2 unspecified atom stereocenters. The molecule has 0 spiro atoms. The molecule has 1 fully saturated rings. The van der Waals surface area contributed by atoms with Gasteiger partial charge in [-0.05, 0) is 42.8 Å². The third kappa shape index (κ3) is 7.31. The number of aliphatic hydroxyl groups is 1. The Morgan fingerprint density at radius 2 is 1.63 bits per heavy atom. The molecule has 0 bridgehead atoms. The molecular formula is C32H30F6N8O3. The Labute approximate surface area is 275 Å². The predicted octanol–water partition coefficient (Wildman–Crippen LogP) is 4.09. The largest absolute Gasteiger partial charge is 0.573 e. The topological polar surface area (TPSA) is 106 Å². The van der Waals surface area contributed by atoms with Gasteiger partial charge in [0.15, 0.2) is 0 Å². The first-order valence-electron chi connectivity index (χ1n) is 15.1. The summed E-state index contributed by atoms with van der Waals surface area (Å²) in [5, 5.41) is 20.0. The summed E-state index contributed by atoms with van der Waals surface area (Å²) in [6, 6.07) is 11.7. The minimum absolute atomic E-state index is 0.0385. The van der Waals surface area contributed by atoms with Crippen LogP contribution in [-0.4, -0.2) is 77.7 Å². The molecule has 3 heterocycles. The Bertz CT molecular complexity index is 1960. The van der Waals surface area contributed by atoms with Gasteiger partial charge in [-0.25, -0.2) is 36.9 Å². The molecule has 258 valence electrons. The van der Waals surface area contributed by atoms with E-state index in [4.69, 9.17) is 0 Å². The number of anilines is 1. The molecule has 0 radical (unpaired) electrons. The van der Waals surface area contributed by atoms with Gasteiger partial charge in [-0.15, -0.1) is 13.2 Å². The minimum Gasteiger partial charge on any atom is -0.406 e. The molecule has 1 aliphatic heterocycles. The highest BCUT2D eigenvalue weighted by molar-refractivity contribution is 5.53. The number of rotatable bonds is 10. The van der Waals surface area contributed by atoms with E-state index in [0.717, 1.165) is 33.5 Å². The average Bonchev–Trinajstić information content (AvgIpc) is 3.70. The van der Waals surface area contributed by atoms with Crippen LogP contribution >= 0.6 is 0 Å². The quantitative estimate of drug-likeness (QED) is 0.219. The van der Waals surface area contributed by atoms with Gasteiger partial charge in [-0.1, -0.05) is 18.2 Å². The average molecular weight is 689 g/mol. The van der Waals surface area contributed by atoms with Gasteiger partial charge in [0.25, 0.3) is 0 Å². The van der Waals surface area contributed by atoms with E-state index < -0.39 is 46.9 Å². The lowest BCUT2D eigenvalue weighted by molar-refractivity contribution is -0.274. The van der Waals surface area contributed by atoms with Crippen molar-refractivity contribution in [2.45, 2.75) is 38.0 Å². The van der Waals surface area contributed by atoms with Crippen molar-refractivity contribution < 1.29 is 36.2 Å². The maximum absolute atomic E-state index is 15.5. The first-order valence-corrected chi connectivity index (χ1v) is 15.1. The Hall–Kier alpha value is -5.16. The van der Waals surface area contributed by atoms with Crippen LogP contribution in [0.15, 0.2) is 84.4 Å². The van der Waals surface area contributed by atoms with Crippen LogP contribution in [-0.2, 0) is 18.7 Å². The molecule has 0 saturated carbocycles. The zero-order chi connectivity index (χ0) is 34.9. The molecule has 1 aliphatic rings. The maximum Gasteiger partial charge on any atom is 0.573 e. The summed E-state index contributed by atoms with van der Waals surface area (Å²) in [5.74, 6) is -2.65. The van der Waals surface area contributed by atoms with E-state index in [9.17, 15) is 31.9 Å². The van der Waals surface area contributed by atoms with Crippen LogP contribution in [0.25, 0.3) is 5.69 Å². The summed E-state index contributed by atoms with van der Waals surface area (Å²) in [6.07, 6.45) is -0.921. The van der Waals surface area contributed by atoms with Crippen LogP contribution in [0.5, 0.6) is 5.75 Å². The number of benzene rings is 3. The van der Waals surface area contributed by atoms with Gasteiger partial charge in [-0.3, -0.25) is 4.90 Å². The van der Waals surface area contributed by atoms with E-state index in [1.165, 1.54) is 47.9 Å². The molecule has 3 aromatic carbocycles. The molecule has 0 aliphatic carbocycles. The van der Waals surface area contributed by atoms with E-state index in [1.54, 1.807) is 19.1 Å². The highest BCUT2D eigenvalue weighted by Gasteiger charge is 2.43. The fourth-order valence-corrected chi connectivity index (χ4v) is 5.99. The Balaban J connectivity index is 1.13. The molecule has 0 amide bonds. The second-order valence-corrected chi connectivity index (χ2v) is 11.6. The summed E-state index contributed by atoms with van der Waals surface area (Å²) in [7, 11) is 0. The second-order valence-electron chi connectivity index (χ2n) is 11.6. The molecule has 1 N–H and O–H groups in total. The van der Waals surface area contributed by atoms with Crippen LogP contribution in [0, 0.1) is 17.5 Å². The smallest absolute Gasteiger partial charge is 0.406 e. The third-order valence-corrected chi connectivity index (χ3v) is 8.59. The van der Waals surface area contributed by atoms with Crippen LogP contribution in [0.1, 0.15) is 18.1 Å². The lowest BCUT2D eigenvalue weighted by Crippen LogP contribution is -2.57. The first kappa shape index (κ1) is 33.7. The van der Waals surface area contributed by atoms with Crippen molar-refractivity contribution in [2.75, 3.05) is 31.1 Å². The van der Waals surface area contributed by atoms with Gasteiger partial charge in [0.05, 0.1) is 24.5 Å². The van der Waals surface area contributed by atoms with Crippen LogP contribution in [0.3, 0.4) is 0 Å². The Morgan fingerprint density at radius 1 is 0.898 bits per heavy atom. The van der Waals surface area contributed by atoms with Crippen molar-refractivity contribution in [1.82, 2.24) is 34.0 Å². The van der Waals surface area contributed by atoms with Gasteiger partial charge in [0, 0.05) is 49.9 Å². The molecular weight excluding hydrogens is 658 g/mol. The van der Waals surface area contributed by atoms with E-state index in [0.29, 0.717) is 37.4 Å².